The summed E-state index contributed by atoms with van der Waals surface area (Å²) in [7, 11) is 0. The summed E-state index contributed by atoms with van der Waals surface area (Å²) >= 11 is 9.38. The highest BCUT2D eigenvalue weighted by Crippen LogP contribution is 2.20. The predicted molar refractivity (Wildman–Crippen MR) is 86.4 cm³/mol. The molecule has 110 valence electrons. The topological polar surface area (TPSA) is 32.3 Å². The van der Waals surface area contributed by atoms with E-state index < -0.39 is 0 Å². The molecule has 3 nitrogen and oxygen atoms in total. The third-order valence-corrected chi connectivity index (χ3v) is 4.38. The Kier molecular flexibility index (Phi) is 6.33. The first-order valence-electron chi connectivity index (χ1n) is 7.12. The number of nitrogens with zero attached hydrogens (tertiary/aromatic N) is 1. The van der Waals surface area contributed by atoms with Gasteiger partial charge in [-0.05, 0) is 63.5 Å². The number of hydrogen-bond donors (Lipinski definition) is 1. The highest BCUT2D eigenvalue weighted by Gasteiger charge is 2.12. The van der Waals surface area contributed by atoms with Crippen molar-refractivity contribution in [3.8, 4) is 0 Å². The van der Waals surface area contributed by atoms with Crippen molar-refractivity contribution >= 4 is 33.4 Å². The molecule has 1 fully saturated rings. The molecule has 0 bridgehead atoms. The maximum Gasteiger partial charge on any atom is 0.252 e. The number of carbonyl (C=O) groups excluding carboxylic acids is 1. The largest absolute Gasteiger partial charge is 0.352 e. The van der Waals surface area contributed by atoms with E-state index in [0.717, 1.165) is 23.9 Å². The summed E-state index contributed by atoms with van der Waals surface area (Å²) in [4.78, 5) is 14.5. The number of carbonyl (C=O) groups is 1. The minimum Gasteiger partial charge on any atom is -0.352 e. The summed E-state index contributed by atoms with van der Waals surface area (Å²) in [5.74, 6) is -0.0996. The highest BCUT2D eigenvalue weighted by atomic mass is 79.9. The SMILES string of the molecule is O=C(NCCCCN1CCCC1)c1cc(Br)ccc1Cl. The second kappa shape index (κ2) is 8.01. The Morgan fingerprint density at radius 3 is 2.80 bits per heavy atom. The number of hydrogen-bond acceptors (Lipinski definition) is 2. The third kappa shape index (κ3) is 4.76. The fourth-order valence-electron chi connectivity index (χ4n) is 2.44. The van der Waals surface area contributed by atoms with Crippen LogP contribution in [-0.2, 0) is 0 Å². The monoisotopic (exact) mass is 358 g/mol. The van der Waals surface area contributed by atoms with Crippen LogP contribution < -0.4 is 5.32 Å². The van der Waals surface area contributed by atoms with E-state index in [2.05, 4.69) is 26.1 Å². The number of halogens is 2. The molecule has 0 unspecified atom stereocenters. The third-order valence-electron chi connectivity index (χ3n) is 3.56. The van der Waals surface area contributed by atoms with Gasteiger partial charge in [0, 0.05) is 11.0 Å². The normalized spacial score (nSPS) is 15.5. The van der Waals surface area contributed by atoms with Crippen molar-refractivity contribution in [3.05, 3.63) is 33.3 Å². The lowest BCUT2D eigenvalue weighted by Gasteiger charge is -2.14. The van der Waals surface area contributed by atoms with E-state index in [1.54, 1.807) is 12.1 Å². The molecule has 0 atom stereocenters. The Balaban J connectivity index is 1.68. The van der Waals surface area contributed by atoms with E-state index in [-0.39, 0.29) is 5.91 Å². The van der Waals surface area contributed by atoms with Crippen LogP contribution in [0.3, 0.4) is 0 Å². The van der Waals surface area contributed by atoms with Crippen molar-refractivity contribution in [2.45, 2.75) is 25.7 Å². The van der Waals surface area contributed by atoms with Crippen LogP contribution in [-0.4, -0.2) is 37.0 Å². The Morgan fingerprint density at radius 2 is 2.05 bits per heavy atom. The van der Waals surface area contributed by atoms with Gasteiger partial charge in [-0.2, -0.15) is 0 Å². The smallest absolute Gasteiger partial charge is 0.252 e. The molecule has 0 radical (unpaired) electrons. The van der Waals surface area contributed by atoms with Crippen molar-refractivity contribution in [1.82, 2.24) is 10.2 Å². The minimum absolute atomic E-state index is 0.0996. The zero-order valence-electron chi connectivity index (χ0n) is 11.5. The maximum atomic E-state index is 12.0. The van der Waals surface area contributed by atoms with Crippen LogP contribution in [0.5, 0.6) is 0 Å². The second-order valence-corrected chi connectivity index (χ2v) is 6.46. The van der Waals surface area contributed by atoms with Crippen LogP contribution in [0.4, 0.5) is 0 Å². The molecule has 1 aromatic rings. The van der Waals surface area contributed by atoms with Crippen molar-refractivity contribution in [2.75, 3.05) is 26.2 Å². The molecule has 1 aromatic carbocycles. The van der Waals surface area contributed by atoms with Crippen molar-refractivity contribution in [2.24, 2.45) is 0 Å². The van der Waals surface area contributed by atoms with Gasteiger partial charge in [0.15, 0.2) is 0 Å². The molecular weight excluding hydrogens is 340 g/mol. The molecular formula is C15H20BrClN2O. The van der Waals surface area contributed by atoms with Crippen LogP contribution in [0.1, 0.15) is 36.0 Å². The van der Waals surface area contributed by atoms with Crippen LogP contribution in [0.2, 0.25) is 5.02 Å². The number of benzene rings is 1. The molecule has 1 aliphatic heterocycles. The van der Waals surface area contributed by atoms with Gasteiger partial charge in [-0.3, -0.25) is 4.79 Å². The molecule has 0 aromatic heterocycles. The van der Waals surface area contributed by atoms with E-state index in [9.17, 15) is 4.79 Å². The van der Waals surface area contributed by atoms with E-state index in [4.69, 9.17) is 11.6 Å². The van der Waals surface area contributed by atoms with Crippen molar-refractivity contribution in [1.29, 1.82) is 0 Å². The van der Waals surface area contributed by atoms with Gasteiger partial charge in [0.1, 0.15) is 0 Å². The molecule has 1 aliphatic rings. The summed E-state index contributed by atoms with van der Waals surface area (Å²) in [5.41, 5.74) is 0.528. The molecule has 20 heavy (non-hydrogen) atoms. The van der Waals surface area contributed by atoms with E-state index in [1.165, 1.54) is 25.9 Å². The van der Waals surface area contributed by atoms with Crippen LogP contribution in [0.15, 0.2) is 22.7 Å². The highest BCUT2D eigenvalue weighted by molar-refractivity contribution is 9.10. The molecule has 2 rings (SSSR count). The van der Waals surface area contributed by atoms with Crippen LogP contribution in [0.25, 0.3) is 0 Å². The number of nitrogens with one attached hydrogen (secondary N) is 1. The van der Waals surface area contributed by atoms with Gasteiger partial charge in [0.2, 0.25) is 0 Å². The van der Waals surface area contributed by atoms with Crippen LogP contribution in [0, 0.1) is 0 Å². The Bertz CT molecular complexity index is 461. The van der Waals surface area contributed by atoms with Gasteiger partial charge in [0.25, 0.3) is 5.91 Å². The lowest BCUT2D eigenvalue weighted by atomic mass is 10.2. The fourth-order valence-corrected chi connectivity index (χ4v) is 3.00. The summed E-state index contributed by atoms with van der Waals surface area (Å²) in [6.07, 6.45) is 4.80. The van der Waals surface area contributed by atoms with Gasteiger partial charge >= 0.3 is 0 Å². The van der Waals surface area contributed by atoms with Gasteiger partial charge in [-0.15, -0.1) is 0 Å². The minimum atomic E-state index is -0.0996. The quantitative estimate of drug-likeness (QED) is 0.785. The lowest BCUT2D eigenvalue weighted by Crippen LogP contribution is -2.26. The van der Waals surface area contributed by atoms with Gasteiger partial charge in [0.05, 0.1) is 10.6 Å². The molecule has 0 saturated carbocycles. The Morgan fingerprint density at radius 1 is 1.30 bits per heavy atom. The summed E-state index contributed by atoms with van der Waals surface area (Å²) in [6, 6.07) is 5.31. The van der Waals surface area contributed by atoms with Gasteiger partial charge in [-0.25, -0.2) is 0 Å². The van der Waals surface area contributed by atoms with E-state index in [1.807, 2.05) is 6.07 Å². The predicted octanol–water partition coefficient (Wildman–Crippen LogP) is 3.71. The van der Waals surface area contributed by atoms with Crippen molar-refractivity contribution < 1.29 is 4.79 Å². The molecule has 1 heterocycles. The number of unbranched alkanes of at least 4 members (excludes halogenated alkanes) is 1. The Labute approximate surface area is 133 Å². The molecule has 0 aliphatic carbocycles. The molecule has 1 amide bonds. The maximum absolute atomic E-state index is 12.0. The number of rotatable bonds is 6. The standard InChI is InChI=1S/C15H20BrClN2O/c16-12-5-6-14(17)13(11-12)15(20)18-7-1-2-8-19-9-3-4-10-19/h5-6,11H,1-4,7-10H2,(H,18,20). The zero-order chi connectivity index (χ0) is 14.4. The average Bonchev–Trinajstić information content (AvgIpc) is 2.94. The summed E-state index contributed by atoms with van der Waals surface area (Å²) in [5, 5.41) is 3.42. The Hall–Kier alpha value is -0.580. The lowest BCUT2D eigenvalue weighted by molar-refractivity contribution is 0.0952. The molecule has 5 heteroatoms. The number of amides is 1. The van der Waals surface area contributed by atoms with E-state index >= 15 is 0 Å². The zero-order valence-corrected chi connectivity index (χ0v) is 13.8. The summed E-state index contributed by atoms with van der Waals surface area (Å²) in [6.45, 7) is 4.32. The molecule has 1 saturated heterocycles. The first kappa shape index (κ1) is 15.8. The number of likely N-dealkylation sites (tertiary alicyclic amines) is 1. The first-order valence-corrected chi connectivity index (χ1v) is 8.29. The molecule has 1 N–H and O–H groups in total. The first-order chi connectivity index (χ1) is 9.66. The van der Waals surface area contributed by atoms with Gasteiger partial charge < -0.3 is 10.2 Å². The fraction of sp³-hybridized carbons (Fsp3) is 0.533. The average molecular weight is 360 g/mol. The van der Waals surface area contributed by atoms with Gasteiger partial charge in [-0.1, -0.05) is 27.5 Å². The summed E-state index contributed by atoms with van der Waals surface area (Å²) < 4.78 is 0.862. The second-order valence-electron chi connectivity index (χ2n) is 5.14. The van der Waals surface area contributed by atoms with E-state index in [0.29, 0.717) is 17.1 Å². The molecule has 0 spiro atoms. The van der Waals surface area contributed by atoms with Crippen LogP contribution >= 0.6 is 27.5 Å². The van der Waals surface area contributed by atoms with Crippen molar-refractivity contribution in [3.63, 3.8) is 0 Å².